The molecule has 188 valence electrons. The van der Waals surface area contributed by atoms with Gasteiger partial charge in [-0.15, -0.1) is 0 Å². The number of hydrogen-bond donors (Lipinski definition) is 1. The van der Waals surface area contributed by atoms with E-state index in [1.54, 1.807) is 36.3 Å². The first-order chi connectivity index (χ1) is 18.5. The number of benzene rings is 4. The number of aromatic hydroxyl groups is 1. The molecule has 0 aliphatic rings. The third-order valence-electron chi connectivity index (χ3n) is 5.75. The number of phenols is 1. The van der Waals surface area contributed by atoms with Gasteiger partial charge in [-0.3, -0.25) is 0 Å². The van der Waals surface area contributed by atoms with Gasteiger partial charge in [-0.25, -0.2) is 9.98 Å². The van der Waals surface area contributed by atoms with Gasteiger partial charge in [0.2, 0.25) is 0 Å². The molecular formula is C30H22Br2N4O2. The molecule has 1 heterocycles. The summed E-state index contributed by atoms with van der Waals surface area (Å²) in [6, 6.07) is 31.1. The first-order valence-electron chi connectivity index (χ1n) is 11.7. The van der Waals surface area contributed by atoms with E-state index in [0.717, 1.165) is 38.3 Å². The minimum Gasteiger partial charge on any atom is -0.506 e. The van der Waals surface area contributed by atoms with Gasteiger partial charge in [-0.05, 0) is 57.9 Å². The van der Waals surface area contributed by atoms with Crippen molar-refractivity contribution < 1.29 is 9.84 Å². The zero-order chi connectivity index (χ0) is 26.5. The number of nitrogens with zero attached hydrogens (tertiary/aromatic N) is 4. The van der Waals surface area contributed by atoms with Crippen molar-refractivity contribution in [2.45, 2.75) is 0 Å². The molecule has 1 N–H and O–H groups in total. The summed E-state index contributed by atoms with van der Waals surface area (Å²) in [6.45, 7) is 0. The highest BCUT2D eigenvalue weighted by Gasteiger charge is 2.20. The van der Waals surface area contributed by atoms with Crippen molar-refractivity contribution in [1.29, 1.82) is 0 Å². The van der Waals surface area contributed by atoms with Crippen LogP contribution in [0.2, 0.25) is 0 Å². The fraction of sp³-hybridized carbons (Fsp3) is 0.0333. The Morgan fingerprint density at radius 3 is 2.16 bits per heavy atom. The number of halogens is 2. The number of hydrogen-bond acceptors (Lipinski definition) is 5. The van der Waals surface area contributed by atoms with Crippen molar-refractivity contribution in [2.75, 3.05) is 7.11 Å². The molecule has 0 spiro atoms. The Hall–Kier alpha value is -4.01. The molecule has 1 aromatic heterocycles. The number of methoxy groups -OCH3 is 1. The van der Waals surface area contributed by atoms with Crippen molar-refractivity contribution in [1.82, 2.24) is 9.66 Å². The van der Waals surface area contributed by atoms with Crippen LogP contribution in [0.5, 0.6) is 11.5 Å². The molecule has 6 nitrogen and oxygen atoms in total. The Kier molecular flexibility index (Phi) is 7.81. The number of phenolic OH excluding ortho intramolecular Hbond substituents is 1. The maximum atomic E-state index is 10.6. The standard InChI is InChI=1S/C30H22Br2N4O2/c1-38-25-14-12-20(13-15-25)18-34-36-28(22-10-6-3-7-11-22)27(21-8-4-2-5-9-21)35-30(36)33-19-23-16-24(31)17-26(32)29(23)37/h2-19,37H,1H3/b33-19?,34-18-. The van der Waals surface area contributed by atoms with E-state index in [1.165, 1.54) is 0 Å². The summed E-state index contributed by atoms with van der Waals surface area (Å²) in [4.78, 5) is 9.60. The van der Waals surface area contributed by atoms with Crippen LogP contribution in [0.4, 0.5) is 5.95 Å². The van der Waals surface area contributed by atoms with Gasteiger partial charge in [-0.1, -0.05) is 76.6 Å². The Balaban J connectivity index is 1.70. The molecule has 0 atom stereocenters. The number of aromatic nitrogens is 2. The van der Waals surface area contributed by atoms with Gasteiger partial charge in [0.05, 0.1) is 17.8 Å². The largest absolute Gasteiger partial charge is 0.506 e. The highest BCUT2D eigenvalue weighted by Crippen LogP contribution is 2.36. The summed E-state index contributed by atoms with van der Waals surface area (Å²) in [5, 5.41) is 15.4. The molecule has 38 heavy (non-hydrogen) atoms. The van der Waals surface area contributed by atoms with E-state index in [-0.39, 0.29) is 5.75 Å². The molecule has 4 aromatic carbocycles. The van der Waals surface area contributed by atoms with E-state index in [4.69, 9.17) is 14.8 Å². The van der Waals surface area contributed by atoms with Crippen LogP contribution < -0.4 is 4.74 Å². The third-order valence-corrected chi connectivity index (χ3v) is 6.81. The second kappa shape index (κ2) is 11.6. The summed E-state index contributed by atoms with van der Waals surface area (Å²) < 4.78 is 8.36. The lowest BCUT2D eigenvalue weighted by Gasteiger charge is -2.07. The summed E-state index contributed by atoms with van der Waals surface area (Å²) in [7, 11) is 1.64. The van der Waals surface area contributed by atoms with E-state index < -0.39 is 0 Å². The van der Waals surface area contributed by atoms with Gasteiger partial charge in [0.25, 0.3) is 5.95 Å². The summed E-state index contributed by atoms with van der Waals surface area (Å²) in [5.41, 5.74) is 4.85. The molecule has 0 bridgehead atoms. The van der Waals surface area contributed by atoms with Crippen LogP contribution in [0.3, 0.4) is 0 Å². The summed E-state index contributed by atoms with van der Waals surface area (Å²) in [6.07, 6.45) is 3.34. The third kappa shape index (κ3) is 5.61. The molecule has 0 saturated heterocycles. The summed E-state index contributed by atoms with van der Waals surface area (Å²) >= 11 is 6.85. The highest BCUT2D eigenvalue weighted by molar-refractivity contribution is 9.11. The van der Waals surface area contributed by atoms with Crippen LogP contribution in [0, 0.1) is 0 Å². The van der Waals surface area contributed by atoms with Crippen molar-refractivity contribution >= 4 is 50.2 Å². The van der Waals surface area contributed by atoms with Crippen LogP contribution >= 0.6 is 31.9 Å². The molecule has 0 amide bonds. The van der Waals surface area contributed by atoms with E-state index in [2.05, 4.69) is 36.9 Å². The zero-order valence-electron chi connectivity index (χ0n) is 20.3. The van der Waals surface area contributed by atoms with E-state index in [1.807, 2.05) is 84.9 Å². The minimum absolute atomic E-state index is 0.0864. The Morgan fingerprint density at radius 2 is 1.50 bits per heavy atom. The fourth-order valence-electron chi connectivity index (χ4n) is 3.87. The highest BCUT2D eigenvalue weighted by atomic mass is 79.9. The quantitative estimate of drug-likeness (QED) is 0.185. The number of imidazole rings is 1. The molecule has 5 aromatic rings. The lowest BCUT2D eigenvalue weighted by Crippen LogP contribution is -1.96. The SMILES string of the molecule is COc1ccc(/C=N\n2c(N=Cc3cc(Br)cc(Br)c3O)nc(-c3ccccc3)c2-c2ccccc2)cc1. The first kappa shape index (κ1) is 25.6. The second-order valence-electron chi connectivity index (χ2n) is 8.25. The topological polar surface area (TPSA) is 72.0 Å². The van der Waals surface area contributed by atoms with Crippen LogP contribution in [-0.2, 0) is 0 Å². The van der Waals surface area contributed by atoms with E-state index in [9.17, 15) is 5.11 Å². The molecule has 0 unspecified atom stereocenters. The number of rotatable bonds is 7. The second-order valence-corrected chi connectivity index (χ2v) is 10.0. The molecule has 5 rings (SSSR count). The van der Waals surface area contributed by atoms with Crippen molar-refractivity contribution in [2.24, 2.45) is 10.1 Å². The van der Waals surface area contributed by atoms with Crippen molar-refractivity contribution in [3.8, 4) is 34.0 Å². The maximum absolute atomic E-state index is 10.6. The average molecular weight is 630 g/mol. The smallest absolute Gasteiger partial charge is 0.251 e. The van der Waals surface area contributed by atoms with Crippen LogP contribution in [-0.4, -0.2) is 34.3 Å². The monoisotopic (exact) mass is 628 g/mol. The van der Waals surface area contributed by atoms with Gasteiger partial charge in [-0.2, -0.15) is 9.78 Å². The fourth-order valence-corrected chi connectivity index (χ4v) is 5.13. The Morgan fingerprint density at radius 1 is 0.842 bits per heavy atom. The molecule has 0 radical (unpaired) electrons. The molecule has 8 heteroatoms. The van der Waals surface area contributed by atoms with Gasteiger partial charge in [0.1, 0.15) is 22.9 Å². The maximum Gasteiger partial charge on any atom is 0.251 e. The number of ether oxygens (including phenoxy) is 1. The van der Waals surface area contributed by atoms with Gasteiger partial charge < -0.3 is 9.84 Å². The van der Waals surface area contributed by atoms with Crippen LogP contribution in [0.15, 0.2) is 116 Å². The molecule has 0 aliphatic heterocycles. The van der Waals surface area contributed by atoms with Crippen molar-refractivity contribution in [3.63, 3.8) is 0 Å². The predicted octanol–water partition coefficient (Wildman–Crippen LogP) is 8.09. The Bertz CT molecular complexity index is 1610. The van der Waals surface area contributed by atoms with Gasteiger partial charge in [0, 0.05) is 27.4 Å². The average Bonchev–Trinajstić information content (AvgIpc) is 3.32. The van der Waals surface area contributed by atoms with E-state index >= 15 is 0 Å². The van der Waals surface area contributed by atoms with Gasteiger partial charge in [0.15, 0.2) is 0 Å². The number of aliphatic imine (C=N–C) groups is 1. The lowest BCUT2D eigenvalue weighted by molar-refractivity contribution is 0.415. The van der Waals surface area contributed by atoms with Crippen LogP contribution in [0.25, 0.3) is 22.5 Å². The zero-order valence-corrected chi connectivity index (χ0v) is 23.5. The predicted molar refractivity (Wildman–Crippen MR) is 160 cm³/mol. The van der Waals surface area contributed by atoms with Crippen LogP contribution in [0.1, 0.15) is 11.1 Å². The normalized spacial score (nSPS) is 11.4. The summed E-state index contributed by atoms with van der Waals surface area (Å²) in [5.74, 6) is 1.22. The molecule has 0 aliphatic carbocycles. The lowest BCUT2D eigenvalue weighted by atomic mass is 10.1. The molecular weight excluding hydrogens is 608 g/mol. The van der Waals surface area contributed by atoms with Crippen molar-refractivity contribution in [3.05, 3.63) is 117 Å². The molecule has 0 fully saturated rings. The first-order valence-corrected chi connectivity index (χ1v) is 13.3. The van der Waals surface area contributed by atoms with E-state index in [0.29, 0.717) is 16.0 Å². The van der Waals surface area contributed by atoms with Gasteiger partial charge >= 0.3 is 0 Å². The Labute approximate surface area is 237 Å². The molecule has 0 saturated carbocycles. The minimum atomic E-state index is 0.0864.